The molecule has 0 spiro atoms. The number of carbonyl (C=O) groups is 1. The fraction of sp³-hybridized carbons (Fsp3) is 0.690. The lowest BCUT2D eigenvalue weighted by atomic mass is 9.64. The third-order valence-corrected chi connectivity index (χ3v) is 7.21. The van der Waals surface area contributed by atoms with Crippen molar-refractivity contribution in [2.24, 2.45) is 5.92 Å². The molecule has 0 aliphatic heterocycles. The predicted octanol–water partition coefficient (Wildman–Crippen LogP) is 8.85. The van der Waals surface area contributed by atoms with Gasteiger partial charge in [0.1, 0.15) is 0 Å². The molecule has 1 aliphatic carbocycles. The van der Waals surface area contributed by atoms with Gasteiger partial charge in [0.15, 0.2) is 0 Å². The molecule has 1 aromatic rings. The largest absolute Gasteiger partial charge is 0.481 e. The van der Waals surface area contributed by atoms with Crippen LogP contribution in [0.5, 0.6) is 0 Å². The van der Waals surface area contributed by atoms with E-state index in [1.807, 2.05) is 0 Å². The lowest BCUT2D eigenvalue weighted by molar-refractivity contribution is -0.138. The Balaban J connectivity index is 1.79. The van der Waals surface area contributed by atoms with Crippen LogP contribution >= 0.6 is 0 Å². The molecule has 0 aromatic heterocycles. The SMILES string of the molecule is CCCCCC/C=C\CCCCC[C@H](CC(=O)O)CC1(c2ccccc2)CCCCC1. The summed E-state index contributed by atoms with van der Waals surface area (Å²) in [6.07, 6.45) is 24.8. The molecular weight excluding hydrogens is 380 g/mol. The highest BCUT2D eigenvalue weighted by atomic mass is 16.4. The van der Waals surface area contributed by atoms with Gasteiger partial charge >= 0.3 is 5.97 Å². The molecular formula is C29H46O2. The highest BCUT2D eigenvalue weighted by Gasteiger charge is 2.36. The molecule has 1 saturated carbocycles. The number of unbranched alkanes of at least 4 members (excludes halogenated alkanes) is 7. The van der Waals surface area contributed by atoms with Crippen LogP contribution < -0.4 is 0 Å². The van der Waals surface area contributed by atoms with Crippen LogP contribution in [0.3, 0.4) is 0 Å². The fourth-order valence-electron chi connectivity index (χ4n) is 5.50. The molecule has 2 nitrogen and oxygen atoms in total. The molecule has 0 amide bonds. The van der Waals surface area contributed by atoms with Crippen molar-refractivity contribution in [3.05, 3.63) is 48.0 Å². The number of carboxylic acid groups (broad SMARTS) is 1. The van der Waals surface area contributed by atoms with Gasteiger partial charge in [0.05, 0.1) is 0 Å². The number of allylic oxidation sites excluding steroid dienone is 2. The zero-order chi connectivity index (χ0) is 22.2. The van der Waals surface area contributed by atoms with E-state index in [4.69, 9.17) is 0 Å². The second kappa shape index (κ2) is 15.3. The van der Waals surface area contributed by atoms with Gasteiger partial charge in [0.2, 0.25) is 0 Å². The highest BCUT2D eigenvalue weighted by molar-refractivity contribution is 5.67. The topological polar surface area (TPSA) is 37.3 Å². The Labute approximate surface area is 191 Å². The van der Waals surface area contributed by atoms with E-state index in [-0.39, 0.29) is 5.41 Å². The highest BCUT2D eigenvalue weighted by Crippen LogP contribution is 2.45. The van der Waals surface area contributed by atoms with E-state index in [0.717, 1.165) is 19.3 Å². The van der Waals surface area contributed by atoms with Crippen molar-refractivity contribution in [3.8, 4) is 0 Å². The van der Waals surface area contributed by atoms with Crippen LogP contribution in [0.4, 0.5) is 0 Å². The molecule has 1 aliphatic rings. The predicted molar refractivity (Wildman–Crippen MR) is 133 cm³/mol. The maximum absolute atomic E-state index is 11.6. The number of carboxylic acids is 1. The standard InChI is InChI=1S/C29H46O2/c1-2-3-4-5-6-7-8-9-10-11-14-19-26(24-28(30)31)25-29(22-17-13-18-23-29)27-20-15-12-16-21-27/h7-8,12,15-16,20-21,26H,2-6,9-11,13-14,17-19,22-25H2,1H3,(H,30,31)/b8-7-/t26-/m1/s1. The quantitative estimate of drug-likeness (QED) is 0.212. The molecule has 1 atom stereocenters. The first-order valence-corrected chi connectivity index (χ1v) is 13.1. The molecule has 0 radical (unpaired) electrons. The lowest BCUT2D eigenvalue weighted by Crippen LogP contribution is -2.32. The minimum atomic E-state index is -0.630. The van der Waals surface area contributed by atoms with Gasteiger partial charge in [-0.25, -0.2) is 0 Å². The molecule has 1 N–H and O–H groups in total. The smallest absolute Gasteiger partial charge is 0.303 e. The first-order chi connectivity index (χ1) is 15.2. The Morgan fingerprint density at radius 1 is 0.935 bits per heavy atom. The summed E-state index contributed by atoms with van der Waals surface area (Å²) in [6.45, 7) is 2.26. The number of rotatable bonds is 16. The Hall–Kier alpha value is -1.57. The summed E-state index contributed by atoms with van der Waals surface area (Å²) in [5.41, 5.74) is 1.63. The Morgan fingerprint density at radius 3 is 2.19 bits per heavy atom. The third-order valence-electron chi connectivity index (χ3n) is 7.21. The zero-order valence-corrected chi connectivity index (χ0v) is 20.0. The van der Waals surface area contributed by atoms with Crippen molar-refractivity contribution in [1.29, 1.82) is 0 Å². The average Bonchev–Trinajstić information content (AvgIpc) is 2.78. The Morgan fingerprint density at radius 2 is 1.58 bits per heavy atom. The second-order valence-electron chi connectivity index (χ2n) is 9.83. The number of hydrogen-bond acceptors (Lipinski definition) is 1. The van der Waals surface area contributed by atoms with Gasteiger partial charge in [-0.3, -0.25) is 4.79 Å². The summed E-state index contributed by atoms with van der Waals surface area (Å²) in [5, 5.41) is 9.54. The van der Waals surface area contributed by atoms with E-state index >= 15 is 0 Å². The lowest BCUT2D eigenvalue weighted by Gasteiger charge is -2.40. The zero-order valence-electron chi connectivity index (χ0n) is 20.0. The summed E-state index contributed by atoms with van der Waals surface area (Å²) in [4.78, 5) is 11.6. The van der Waals surface area contributed by atoms with Gasteiger partial charge < -0.3 is 5.11 Å². The van der Waals surface area contributed by atoms with Crippen molar-refractivity contribution < 1.29 is 9.90 Å². The first-order valence-electron chi connectivity index (χ1n) is 13.1. The first kappa shape index (κ1) is 25.7. The van der Waals surface area contributed by atoms with Crippen LogP contribution in [-0.4, -0.2) is 11.1 Å². The van der Waals surface area contributed by atoms with Crippen LogP contribution in [0.15, 0.2) is 42.5 Å². The molecule has 0 unspecified atom stereocenters. The van der Waals surface area contributed by atoms with Crippen molar-refractivity contribution >= 4 is 5.97 Å². The molecule has 1 fully saturated rings. The Kier molecular flexibility index (Phi) is 12.7. The van der Waals surface area contributed by atoms with Gasteiger partial charge in [0, 0.05) is 6.42 Å². The van der Waals surface area contributed by atoms with Crippen molar-refractivity contribution in [1.82, 2.24) is 0 Å². The molecule has 0 heterocycles. The van der Waals surface area contributed by atoms with E-state index in [2.05, 4.69) is 49.4 Å². The van der Waals surface area contributed by atoms with Crippen molar-refractivity contribution in [2.75, 3.05) is 0 Å². The number of benzene rings is 1. The van der Waals surface area contributed by atoms with Crippen LogP contribution in [0, 0.1) is 5.92 Å². The molecule has 174 valence electrons. The van der Waals surface area contributed by atoms with Gasteiger partial charge in [-0.05, 0) is 68.3 Å². The maximum atomic E-state index is 11.6. The van der Waals surface area contributed by atoms with Crippen molar-refractivity contribution in [3.63, 3.8) is 0 Å². The number of hydrogen-bond donors (Lipinski definition) is 1. The van der Waals surface area contributed by atoms with E-state index in [1.54, 1.807) is 0 Å². The van der Waals surface area contributed by atoms with Gasteiger partial charge in [-0.2, -0.15) is 0 Å². The van der Waals surface area contributed by atoms with E-state index in [0.29, 0.717) is 12.3 Å². The van der Waals surface area contributed by atoms with Crippen LogP contribution in [-0.2, 0) is 10.2 Å². The summed E-state index contributed by atoms with van der Waals surface area (Å²) in [5.74, 6) is -0.333. The van der Waals surface area contributed by atoms with E-state index < -0.39 is 5.97 Å². The van der Waals surface area contributed by atoms with E-state index in [1.165, 1.54) is 89.0 Å². The summed E-state index contributed by atoms with van der Waals surface area (Å²) in [7, 11) is 0. The summed E-state index contributed by atoms with van der Waals surface area (Å²) < 4.78 is 0. The fourth-order valence-corrected chi connectivity index (χ4v) is 5.50. The molecule has 0 saturated heterocycles. The van der Waals surface area contributed by atoms with E-state index in [9.17, 15) is 9.90 Å². The Bertz CT molecular complexity index is 613. The molecule has 0 bridgehead atoms. The normalized spacial score (nSPS) is 17.1. The second-order valence-corrected chi connectivity index (χ2v) is 9.83. The maximum Gasteiger partial charge on any atom is 0.303 e. The molecule has 1 aromatic carbocycles. The summed E-state index contributed by atoms with van der Waals surface area (Å²) in [6, 6.07) is 10.9. The van der Waals surface area contributed by atoms with Crippen molar-refractivity contribution in [2.45, 2.75) is 121 Å². The number of aliphatic carboxylic acids is 1. The van der Waals surface area contributed by atoms with Crippen LogP contribution in [0.2, 0.25) is 0 Å². The minimum absolute atomic E-state index is 0.195. The van der Waals surface area contributed by atoms with Crippen LogP contribution in [0.1, 0.15) is 122 Å². The summed E-state index contributed by atoms with van der Waals surface area (Å²) >= 11 is 0. The van der Waals surface area contributed by atoms with Gasteiger partial charge in [0.25, 0.3) is 0 Å². The minimum Gasteiger partial charge on any atom is -0.481 e. The van der Waals surface area contributed by atoms with Gasteiger partial charge in [-0.1, -0.05) is 101 Å². The monoisotopic (exact) mass is 426 g/mol. The average molecular weight is 427 g/mol. The molecule has 2 heteroatoms. The van der Waals surface area contributed by atoms with Gasteiger partial charge in [-0.15, -0.1) is 0 Å². The third kappa shape index (κ3) is 10.1. The molecule has 2 rings (SSSR count). The van der Waals surface area contributed by atoms with Crippen LogP contribution in [0.25, 0.3) is 0 Å². The molecule has 31 heavy (non-hydrogen) atoms.